The Hall–Kier alpha value is -2.90. The molecule has 0 unspecified atom stereocenters. The molecule has 0 aliphatic carbocycles. The van der Waals surface area contributed by atoms with E-state index in [1.807, 2.05) is 33.3 Å². The highest BCUT2D eigenvalue weighted by Gasteiger charge is 2.24. The molecular weight excluding hydrogens is 452 g/mol. The van der Waals surface area contributed by atoms with Crippen molar-refractivity contribution in [3.05, 3.63) is 57.5 Å². The van der Waals surface area contributed by atoms with Gasteiger partial charge in [-0.1, -0.05) is 19.9 Å². The van der Waals surface area contributed by atoms with Crippen LogP contribution in [0.3, 0.4) is 0 Å². The topological polar surface area (TPSA) is 70.6 Å². The summed E-state index contributed by atoms with van der Waals surface area (Å²) in [5.41, 5.74) is 6.66. The van der Waals surface area contributed by atoms with Crippen molar-refractivity contribution in [2.24, 2.45) is 0 Å². The van der Waals surface area contributed by atoms with E-state index in [9.17, 15) is 9.59 Å². The summed E-state index contributed by atoms with van der Waals surface area (Å²) in [4.78, 5) is 32.4. The summed E-state index contributed by atoms with van der Waals surface area (Å²) < 4.78 is 6.97. The summed E-state index contributed by atoms with van der Waals surface area (Å²) in [5.74, 6) is 0.985. The number of carbonyl (C=O) groups is 1. The Morgan fingerprint density at radius 1 is 1.19 bits per heavy atom. The van der Waals surface area contributed by atoms with Crippen molar-refractivity contribution in [3.63, 3.8) is 0 Å². The minimum absolute atomic E-state index is 0.0268. The Morgan fingerprint density at radius 2 is 1.92 bits per heavy atom. The van der Waals surface area contributed by atoms with Gasteiger partial charge in [-0.3, -0.25) is 14.5 Å². The molecule has 0 bridgehead atoms. The number of H-pyrrole nitrogens is 1. The van der Waals surface area contributed by atoms with Crippen LogP contribution in [-0.4, -0.2) is 72.7 Å². The van der Waals surface area contributed by atoms with E-state index in [-0.39, 0.29) is 11.5 Å². The average molecular weight is 493 g/mol. The number of aromatic nitrogens is 2. The maximum absolute atomic E-state index is 12.7. The van der Waals surface area contributed by atoms with Crippen LogP contribution in [-0.2, 0) is 16.1 Å². The first-order valence-corrected chi connectivity index (χ1v) is 13.0. The molecule has 1 fully saturated rings. The molecule has 1 aliphatic rings. The fourth-order valence-corrected chi connectivity index (χ4v) is 5.35. The normalized spacial score (nSPS) is 15.2. The Labute approximate surface area is 214 Å². The summed E-state index contributed by atoms with van der Waals surface area (Å²) in [6.45, 7) is 9.76. The highest BCUT2D eigenvalue weighted by Crippen LogP contribution is 2.38. The Kier molecular flexibility index (Phi) is 8.00. The molecule has 3 heterocycles. The summed E-state index contributed by atoms with van der Waals surface area (Å²) >= 11 is 0. The third-order valence-electron chi connectivity index (χ3n) is 7.45. The molecule has 0 spiro atoms. The fourth-order valence-electron chi connectivity index (χ4n) is 5.35. The number of ether oxygens (including phenoxy) is 1. The quantitative estimate of drug-likeness (QED) is 0.508. The number of methoxy groups -OCH3 is 1. The molecule has 194 valence electrons. The molecule has 0 saturated carbocycles. The Morgan fingerprint density at radius 3 is 2.56 bits per heavy atom. The first-order chi connectivity index (χ1) is 17.2. The van der Waals surface area contributed by atoms with Crippen LogP contribution in [0.2, 0.25) is 0 Å². The minimum atomic E-state index is 0.0268. The van der Waals surface area contributed by atoms with Gasteiger partial charge in [-0.05, 0) is 74.0 Å². The van der Waals surface area contributed by atoms with Crippen LogP contribution in [0.5, 0.6) is 0 Å². The van der Waals surface area contributed by atoms with E-state index in [0.717, 1.165) is 48.3 Å². The minimum Gasteiger partial charge on any atom is -0.383 e. The lowest BCUT2D eigenvalue weighted by Gasteiger charge is -2.32. The first-order valence-electron chi connectivity index (χ1n) is 13.0. The number of rotatable bonds is 8. The molecule has 1 aliphatic heterocycles. The lowest BCUT2D eigenvalue weighted by molar-refractivity contribution is -0.130. The fraction of sp³-hybridized carbons (Fsp3) is 0.517. The third-order valence-corrected chi connectivity index (χ3v) is 7.45. The Bertz CT molecular complexity index is 1280. The maximum atomic E-state index is 12.7. The van der Waals surface area contributed by atoms with Crippen LogP contribution in [0.25, 0.3) is 22.2 Å². The van der Waals surface area contributed by atoms with Gasteiger partial charge in [0.15, 0.2) is 0 Å². The number of amides is 1. The summed E-state index contributed by atoms with van der Waals surface area (Å²) in [6, 6.07) is 8.82. The number of benzene rings is 1. The SMILES string of the molecule is COCCn1cc(-c2[nH]c3ccc(C4CCN(CC(=O)N(C)C)CC4)cc3c2C(C)C)cc(C)c1=O. The number of piperidine rings is 1. The van der Waals surface area contributed by atoms with Gasteiger partial charge in [0.1, 0.15) is 0 Å². The van der Waals surface area contributed by atoms with E-state index < -0.39 is 0 Å². The standard InChI is InChI=1S/C29H40N4O3/c1-19(2)27-24-16-22(21-9-11-32(12-10-21)18-26(34)31(4)5)7-8-25(24)30-28(27)23-15-20(3)29(35)33(17-23)13-14-36-6/h7-8,15-17,19,21,30H,9-14,18H2,1-6H3. The molecule has 0 radical (unpaired) electrons. The number of aryl methyl sites for hydroxylation is 1. The number of fused-ring (bicyclic) bond motifs is 1. The van der Waals surface area contributed by atoms with Crippen LogP contribution in [0, 0.1) is 6.92 Å². The average Bonchev–Trinajstić information content (AvgIpc) is 3.24. The number of hydrogen-bond acceptors (Lipinski definition) is 4. The van der Waals surface area contributed by atoms with Crippen molar-refractivity contribution >= 4 is 16.8 Å². The van der Waals surface area contributed by atoms with Crippen molar-refractivity contribution in [1.29, 1.82) is 0 Å². The van der Waals surface area contributed by atoms with Crippen LogP contribution in [0.1, 0.15) is 55.2 Å². The van der Waals surface area contributed by atoms with E-state index >= 15 is 0 Å². The van der Waals surface area contributed by atoms with Gasteiger partial charge in [-0.25, -0.2) is 0 Å². The Balaban J connectivity index is 1.65. The van der Waals surface area contributed by atoms with E-state index in [4.69, 9.17) is 4.74 Å². The van der Waals surface area contributed by atoms with E-state index in [0.29, 0.717) is 31.5 Å². The molecular formula is C29H40N4O3. The summed E-state index contributed by atoms with van der Waals surface area (Å²) in [7, 11) is 5.29. The lowest BCUT2D eigenvalue weighted by atomic mass is 9.87. The predicted molar refractivity (Wildman–Crippen MR) is 146 cm³/mol. The van der Waals surface area contributed by atoms with E-state index in [1.165, 1.54) is 16.5 Å². The van der Waals surface area contributed by atoms with Crippen LogP contribution >= 0.6 is 0 Å². The van der Waals surface area contributed by atoms with Gasteiger partial charge >= 0.3 is 0 Å². The van der Waals surface area contributed by atoms with Crippen LogP contribution in [0.4, 0.5) is 0 Å². The zero-order valence-electron chi connectivity index (χ0n) is 22.6. The monoisotopic (exact) mass is 492 g/mol. The summed E-state index contributed by atoms with van der Waals surface area (Å²) in [6.07, 6.45) is 4.07. The molecule has 1 amide bonds. The van der Waals surface area contributed by atoms with E-state index in [2.05, 4.69) is 41.9 Å². The van der Waals surface area contributed by atoms with Crippen molar-refractivity contribution in [3.8, 4) is 11.3 Å². The second-order valence-corrected chi connectivity index (χ2v) is 10.6. The number of likely N-dealkylation sites (N-methyl/N-ethyl adjacent to an activating group) is 1. The van der Waals surface area contributed by atoms with Gasteiger partial charge in [0, 0.05) is 56.0 Å². The molecule has 2 aromatic heterocycles. The first kappa shape index (κ1) is 26.2. The smallest absolute Gasteiger partial charge is 0.253 e. The number of aromatic amines is 1. The van der Waals surface area contributed by atoms with Crippen LogP contribution in [0.15, 0.2) is 35.3 Å². The van der Waals surface area contributed by atoms with Crippen molar-refractivity contribution in [2.45, 2.75) is 52.0 Å². The zero-order valence-corrected chi connectivity index (χ0v) is 22.6. The lowest BCUT2D eigenvalue weighted by Crippen LogP contribution is -2.40. The maximum Gasteiger partial charge on any atom is 0.253 e. The number of nitrogens with zero attached hydrogens (tertiary/aromatic N) is 3. The molecule has 7 heteroatoms. The van der Waals surface area contributed by atoms with E-state index in [1.54, 1.807) is 16.6 Å². The second-order valence-electron chi connectivity index (χ2n) is 10.6. The number of hydrogen-bond donors (Lipinski definition) is 1. The molecule has 1 saturated heterocycles. The molecule has 1 N–H and O–H groups in total. The molecule has 0 atom stereocenters. The van der Waals surface area contributed by atoms with Crippen LogP contribution < -0.4 is 5.56 Å². The van der Waals surface area contributed by atoms with Gasteiger partial charge in [0.2, 0.25) is 5.91 Å². The van der Waals surface area contributed by atoms with Gasteiger partial charge in [-0.2, -0.15) is 0 Å². The predicted octanol–water partition coefficient (Wildman–Crippen LogP) is 4.34. The van der Waals surface area contributed by atoms with Gasteiger partial charge in [-0.15, -0.1) is 0 Å². The molecule has 1 aromatic carbocycles. The van der Waals surface area contributed by atoms with Gasteiger partial charge < -0.3 is 19.2 Å². The number of nitrogens with one attached hydrogen (secondary N) is 1. The van der Waals surface area contributed by atoms with Crippen molar-refractivity contribution in [2.75, 3.05) is 47.4 Å². The second kappa shape index (κ2) is 11.0. The molecule has 7 nitrogen and oxygen atoms in total. The number of likely N-dealkylation sites (tertiary alicyclic amines) is 1. The van der Waals surface area contributed by atoms with Gasteiger partial charge in [0.05, 0.1) is 18.8 Å². The molecule has 3 aromatic rings. The zero-order chi connectivity index (χ0) is 26.0. The molecule has 4 rings (SSSR count). The molecule has 36 heavy (non-hydrogen) atoms. The summed E-state index contributed by atoms with van der Waals surface area (Å²) in [5, 5.41) is 1.26. The number of pyridine rings is 1. The highest BCUT2D eigenvalue weighted by molar-refractivity contribution is 5.92. The van der Waals surface area contributed by atoms with Crippen molar-refractivity contribution < 1.29 is 9.53 Å². The van der Waals surface area contributed by atoms with Gasteiger partial charge in [0.25, 0.3) is 5.56 Å². The van der Waals surface area contributed by atoms with Crippen molar-refractivity contribution in [1.82, 2.24) is 19.4 Å². The highest BCUT2D eigenvalue weighted by atomic mass is 16.5. The number of carbonyl (C=O) groups excluding carboxylic acids is 1. The third kappa shape index (κ3) is 5.42. The largest absolute Gasteiger partial charge is 0.383 e.